The van der Waals surface area contributed by atoms with Gasteiger partial charge in [-0.3, -0.25) is 9.69 Å². The zero-order chi connectivity index (χ0) is 13.8. The summed E-state index contributed by atoms with van der Waals surface area (Å²) in [6, 6.07) is 0.590. The number of rotatable bonds is 7. The summed E-state index contributed by atoms with van der Waals surface area (Å²) in [6.07, 6.45) is 3.47. The van der Waals surface area contributed by atoms with E-state index in [0.717, 1.165) is 26.1 Å². The van der Waals surface area contributed by atoms with Gasteiger partial charge < -0.3 is 11.1 Å². The molecular weight excluding hydrogens is 226 g/mol. The molecule has 3 N–H and O–H groups in total. The second kappa shape index (κ2) is 6.53. The molecule has 1 rings (SSSR count). The van der Waals surface area contributed by atoms with Crippen molar-refractivity contribution in [2.75, 3.05) is 19.6 Å². The molecule has 2 atom stereocenters. The van der Waals surface area contributed by atoms with Gasteiger partial charge in [0.15, 0.2) is 0 Å². The second-order valence-electron chi connectivity index (χ2n) is 6.05. The maximum Gasteiger partial charge on any atom is 0.238 e. The number of nitrogens with two attached hydrogens (primary N) is 1. The monoisotopic (exact) mass is 255 g/mol. The summed E-state index contributed by atoms with van der Waals surface area (Å²) in [5.41, 5.74) is 4.98. The Morgan fingerprint density at radius 2 is 2.22 bits per heavy atom. The summed E-state index contributed by atoms with van der Waals surface area (Å²) in [7, 11) is 0. The molecule has 0 aromatic rings. The number of nitrogens with one attached hydrogen (secondary N) is 1. The number of likely N-dealkylation sites (tertiary alicyclic amines) is 1. The Balaban J connectivity index is 2.68. The van der Waals surface area contributed by atoms with Crippen molar-refractivity contribution in [1.29, 1.82) is 0 Å². The lowest BCUT2D eigenvalue weighted by Crippen LogP contribution is -2.60. The fourth-order valence-electron chi connectivity index (χ4n) is 2.83. The van der Waals surface area contributed by atoms with E-state index in [1.54, 1.807) is 0 Å². The van der Waals surface area contributed by atoms with E-state index in [4.69, 9.17) is 5.73 Å². The van der Waals surface area contributed by atoms with Crippen molar-refractivity contribution in [2.45, 2.75) is 58.5 Å². The fourth-order valence-corrected chi connectivity index (χ4v) is 2.83. The molecule has 4 nitrogen and oxygen atoms in total. The molecule has 0 aliphatic carbocycles. The van der Waals surface area contributed by atoms with Crippen LogP contribution in [-0.4, -0.2) is 42.0 Å². The van der Waals surface area contributed by atoms with Gasteiger partial charge in [0.2, 0.25) is 5.91 Å². The molecule has 1 amide bonds. The number of amides is 1. The molecule has 1 aliphatic rings. The molecular formula is C14H29N3O. The fraction of sp³-hybridized carbons (Fsp3) is 0.929. The van der Waals surface area contributed by atoms with E-state index in [1.807, 2.05) is 6.92 Å². The van der Waals surface area contributed by atoms with Crippen molar-refractivity contribution in [2.24, 2.45) is 11.7 Å². The maximum absolute atomic E-state index is 11.7. The molecule has 1 heterocycles. The molecule has 0 spiro atoms. The van der Waals surface area contributed by atoms with E-state index in [-0.39, 0.29) is 5.91 Å². The van der Waals surface area contributed by atoms with Gasteiger partial charge >= 0.3 is 0 Å². The van der Waals surface area contributed by atoms with Gasteiger partial charge in [-0.25, -0.2) is 0 Å². The predicted octanol–water partition coefficient (Wildman–Crippen LogP) is 1.35. The van der Waals surface area contributed by atoms with Crippen LogP contribution in [0.2, 0.25) is 0 Å². The molecule has 4 heteroatoms. The molecule has 0 saturated carbocycles. The molecule has 2 unspecified atom stereocenters. The van der Waals surface area contributed by atoms with Gasteiger partial charge in [0.05, 0.1) is 0 Å². The average Bonchev–Trinajstić information content (AvgIpc) is 2.74. The standard InChI is InChI=1S/C14H29N3O/c1-5-8-16-14(4,13(15)18)10-17-9-6-7-12(17)11(2)3/h11-12,16H,5-10H2,1-4H3,(H2,15,18). The number of hydrogen-bond acceptors (Lipinski definition) is 3. The molecule has 0 aromatic carbocycles. The van der Waals surface area contributed by atoms with Crippen molar-refractivity contribution < 1.29 is 4.79 Å². The van der Waals surface area contributed by atoms with Crippen molar-refractivity contribution in [3.05, 3.63) is 0 Å². The number of hydrogen-bond donors (Lipinski definition) is 2. The Morgan fingerprint density at radius 1 is 1.56 bits per heavy atom. The topological polar surface area (TPSA) is 58.4 Å². The minimum absolute atomic E-state index is 0.245. The van der Waals surface area contributed by atoms with Crippen molar-refractivity contribution in [1.82, 2.24) is 10.2 Å². The van der Waals surface area contributed by atoms with Gasteiger partial charge in [-0.05, 0) is 45.2 Å². The van der Waals surface area contributed by atoms with Gasteiger partial charge in [-0.1, -0.05) is 20.8 Å². The molecule has 0 aromatic heterocycles. The average molecular weight is 255 g/mol. The summed E-state index contributed by atoms with van der Waals surface area (Å²) in [5, 5.41) is 3.32. The number of carbonyl (C=O) groups excluding carboxylic acids is 1. The van der Waals surface area contributed by atoms with Crippen LogP contribution in [0.1, 0.15) is 47.0 Å². The largest absolute Gasteiger partial charge is 0.368 e. The van der Waals surface area contributed by atoms with E-state index in [0.29, 0.717) is 12.0 Å². The Morgan fingerprint density at radius 3 is 2.72 bits per heavy atom. The third-order valence-corrected chi connectivity index (χ3v) is 4.01. The van der Waals surface area contributed by atoms with E-state index in [1.165, 1.54) is 12.8 Å². The molecule has 106 valence electrons. The molecule has 18 heavy (non-hydrogen) atoms. The Hall–Kier alpha value is -0.610. The van der Waals surface area contributed by atoms with Crippen LogP contribution in [0.4, 0.5) is 0 Å². The summed E-state index contributed by atoms with van der Waals surface area (Å²) >= 11 is 0. The predicted molar refractivity (Wildman–Crippen MR) is 75.3 cm³/mol. The Labute approximate surface area is 111 Å². The third kappa shape index (κ3) is 3.69. The Kier molecular flexibility index (Phi) is 5.60. The first-order valence-corrected chi connectivity index (χ1v) is 7.19. The van der Waals surface area contributed by atoms with Crippen molar-refractivity contribution in [3.8, 4) is 0 Å². The molecule has 0 radical (unpaired) electrons. The lowest BCUT2D eigenvalue weighted by atomic mass is 9.97. The summed E-state index contributed by atoms with van der Waals surface area (Å²) < 4.78 is 0. The maximum atomic E-state index is 11.7. The minimum Gasteiger partial charge on any atom is -0.368 e. The smallest absolute Gasteiger partial charge is 0.238 e. The number of nitrogens with zero attached hydrogens (tertiary/aromatic N) is 1. The van der Waals surface area contributed by atoms with E-state index in [2.05, 4.69) is 31.0 Å². The van der Waals surface area contributed by atoms with Gasteiger partial charge in [0, 0.05) is 12.6 Å². The lowest BCUT2D eigenvalue weighted by molar-refractivity contribution is -0.124. The lowest BCUT2D eigenvalue weighted by Gasteiger charge is -2.36. The van der Waals surface area contributed by atoms with Gasteiger partial charge in [-0.15, -0.1) is 0 Å². The highest BCUT2D eigenvalue weighted by molar-refractivity contribution is 5.84. The summed E-state index contributed by atoms with van der Waals surface area (Å²) in [6.45, 7) is 11.2. The van der Waals surface area contributed by atoms with E-state index in [9.17, 15) is 4.79 Å². The van der Waals surface area contributed by atoms with Crippen LogP contribution < -0.4 is 11.1 Å². The highest BCUT2D eigenvalue weighted by Gasteiger charge is 2.37. The first-order valence-electron chi connectivity index (χ1n) is 7.19. The molecule has 1 fully saturated rings. The van der Waals surface area contributed by atoms with Crippen LogP contribution in [0, 0.1) is 5.92 Å². The summed E-state index contributed by atoms with van der Waals surface area (Å²) in [4.78, 5) is 14.2. The third-order valence-electron chi connectivity index (χ3n) is 4.01. The SMILES string of the molecule is CCCNC(C)(CN1CCCC1C(C)C)C(N)=O. The molecule has 1 saturated heterocycles. The first-order chi connectivity index (χ1) is 8.40. The summed E-state index contributed by atoms with van der Waals surface area (Å²) in [5.74, 6) is 0.390. The van der Waals surface area contributed by atoms with Crippen LogP contribution in [0.15, 0.2) is 0 Å². The highest BCUT2D eigenvalue weighted by Crippen LogP contribution is 2.25. The number of primary amides is 1. The minimum atomic E-state index is -0.604. The zero-order valence-corrected chi connectivity index (χ0v) is 12.3. The van der Waals surface area contributed by atoms with Crippen molar-refractivity contribution in [3.63, 3.8) is 0 Å². The zero-order valence-electron chi connectivity index (χ0n) is 12.3. The van der Waals surface area contributed by atoms with Crippen LogP contribution in [0.5, 0.6) is 0 Å². The van der Waals surface area contributed by atoms with Crippen LogP contribution in [0.25, 0.3) is 0 Å². The quantitative estimate of drug-likeness (QED) is 0.722. The molecule has 0 bridgehead atoms. The van der Waals surface area contributed by atoms with E-state index >= 15 is 0 Å². The van der Waals surface area contributed by atoms with Gasteiger partial charge in [-0.2, -0.15) is 0 Å². The highest BCUT2D eigenvalue weighted by atomic mass is 16.1. The van der Waals surface area contributed by atoms with Gasteiger partial charge in [0.25, 0.3) is 0 Å². The van der Waals surface area contributed by atoms with Crippen LogP contribution in [0.3, 0.4) is 0 Å². The Bertz CT molecular complexity index is 280. The van der Waals surface area contributed by atoms with Crippen LogP contribution >= 0.6 is 0 Å². The number of carbonyl (C=O) groups is 1. The normalized spacial score (nSPS) is 24.4. The second-order valence-corrected chi connectivity index (χ2v) is 6.05. The van der Waals surface area contributed by atoms with E-state index < -0.39 is 5.54 Å². The first kappa shape index (κ1) is 15.4. The van der Waals surface area contributed by atoms with Crippen molar-refractivity contribution >= 4 is 5.91 Å². The molecule has 1 aliphatic heterocycles. The van der Waals surface area contributed by atoms with Gasteiger partial charge in [0.1, 0.15) is 5.54 Å². The van der Waals surface area contributed by atoms with Crippen LogP contribution in [-0.2, 0) is 4.79 Å².